The van der Waals surface area contributed by atoms with E-state index >= 15 is 0 Å². The van der Waals surface area contributed by atoms with Crippen molar-refractivity contribution in [1.82, 2.24) is 9.13 Å². The van der Waals surface area contributed by atoms with Gasteiger partial charge in [0.1, 0.15) is 12.3 Å². The van der Waals surface area contributed by atoms with Crippen LogP contribution < -0.4 is 11.2 Å². The zero-order valence-corrected chi connectivity index (χ0v) is 9.31. The Hall–Kier alpha value is -1.44. The molecule has 2 heterocycles. The highest BCUT2D eigenvalue weighted by molar-refractivity contribution is 4.89. The van der Waals surface area contributed by atoms with Crippen LogP contribution in [0.15, 0.2) is 21.9 Å². The summed E-state index contributed by atoms with van der Waals surface area (Å²) in [5.41, 5.74) is -0.906. The third-order valence-corrected chi connectivity index (χ3v) is 2.91. The van der Waals surface area contributed by atoms with E-state index in [4.69, 9.17) is 9.84 Å². The van der Waals surface area contributed by atoms with Crippen molar-refractivity contribution in [1.29, 1.82) is 0 Å². The monoisotopic (exact) mass is 242 g/mol. The Morgan fingerprint density at radius 3 is 2.82 bits per heavy atom. The number of aliphatic hydroxyl groups is 2. The first kappa shape index (κ1) is 12.0. The fourth-order valence-electron chi connectivity index (χ4n) is 1.86. The Labute approximate surface area is 96.5 Å². The lowest BCUT2D eigenvalue weighted by Gasteiger charge is -2.14. The molecule has 0 bridgehead atoms. The predicted molar refractivity (Wildman–Crippen MR) is 57.6 cm³/mol. The van der Waals surface area contributed by atoms with Gasteiger partial charge in [-0.25, -0.2) is 4.79 Å². The van der Waals surface area contributed by atoms with Crippen molar-refractivity contribution < 1.29 is 14.9 Å². The molecule has 0 radical (unpaired) electrons. The van der Waals surface area contributed by atoms with E-state index in [1.165, 1.54) is 23.9 Å². The molecule has 2 unspecified atom stereocenters. The highest BCUT2D eigenvalue weighted by Crippen LogP contribution is 2.26. The van der Waals surface area contributed by atoms with Crippen LogP contribution in [0.1, 0.15) is 12.6 Å². The topological polar surface area (TPSA) is 93.7 Å². The molecule has 1 aromatic heterocycles. The fraction of sp³-hybridized carbons (Fsp3) is 0.600. The highest BCUT2D eigenvalue weighted by Gasteiger charge is 2.34. The molecule has 0 amide bonds. The molecule has 1 aliphatic rings. The molecule has 3 atom stereocenters. The maximum absolute atomic E-state index is 11.8. The first-order chi connectivity index (χ1) is 8.04. The second-order valence-electron chi connectivity index (χ2n) is 4.02. The van der Waals surface area contributed by atoms with E-state index in [0.717, 1.165) is 4.57 Å². The second kappa shape index (κ2) is 4.44. The Balaban J connectivity index is 2.34. The molecule has 94 valence electrons. The maximum atomic E-state index is 11.8. The smallest absolute Gasteiger partial charge is 0.332 e. The van der Waals surface area contributed by atoms with Gasteiger partial charge in [-0.15, -0.1) is 0 Å². The van der Waals surface area contributed by atoms with Crippen molar-refractivity contribution in [2.45, 2.75) is 24.9 Å². The van der Waals surface area contributed by atoms with Crippen LogP contribution in [0.4, 0.5) is 0 Å². The van der Waals surface area contributed by atoms with Gasteiger partial charge in [-0.1, -0.05) is 0 Å². The van der Waals surface area contributed by atoms with E-state index in [9.17, 15) is 14.7 Å². The van der Waals surface area contributed by atoms with Crippen LogP contribution in [0, 0.1) is 0 Å². The van der Waals surface area contributed by atoms with E-state index in [1.54, 1.807) is 0 Å². The first-order valence-electron chi connectivity index (χ1n) is 5.27. The molecule has 17 heavy (non-hydrogen) atoms. The minimum atomic E-state index is -0.811. The molecule has 1 aromatic rings. The molecule has 0 aliphatic carbocycles. The van der Waals surface area contributed by atoms with Crippen LogP contribution >= 0.6 is 0 Å². The standard InChI is InChI=1S/C10H14N2O5/c1-11-8(15)2-3-12(10(11)16)9-4-6(14)7(5-13)17-9/h2-3,6-7,9,13-14H,4-5H2,1H3/t6?,7?,9-/m1/s1. The van der Waals surface area contributed by atoms with Crippen molar-refractivity contribution in [2.24, 2.45) is 7.05 Å². The maximum Gasteiger partial charge on any atom is 0.332 e. The number of rotatable bonds is 2. The van der Waals surface area contributed by atoms with Crippen LogP contribution in [-0.4, -0.2) is 38.2 Å². The zero-order chi connectivity index (χ0) is 12.6. The first-order valence-corrected chi connectivity index (χ1v) is 5.27. The van der Waals surface area contributed by atoms with Crippen molar-refractivity contribution in [2.75, 3.05) is 6.61 Å². The minimum Gasteiger partial charge on any atom is -0.394 e. The molecule has 1 saturated heterocycles. The van der Waals surface area contributed by atoms with E-state index in [-0.39, 0.29) is 13.0 Å². The second-order valence-corrected chi connectivity index (χ2v) is 4.02. The molecule has 0 spiro atoms. The largest absolute Gasteiger partial charge is 0.394 e. The van der Waals surface area contributed by atoms with Gasteiger partial charge in [0.15, 0.2) is 0 Å². The molecular weight excluding hydrogens is 228 g/mol. The predicted octanol–water partition coefficient (Wildman–Crippen LogP) is -1.81. The van der Waals surface area contributed by atoms with Crippen LogP contribution in [0.5, 0.6) is 0 Å². The van der Waals surface area contributed by atoms with Gasteiger partial charge in [-0.05, 0) is 0 Å². The SMILES string of the molecule is Cn1c(=O)ccn([C@H]2CC(O)C(CO)O2)c1=O. The van der Waals surface area contributed by atoms with Crippen LogP contribution in [0.2, 0.25) is 0 Å². The lowest BCUT2D eigenvalue weighted by molar-refractivity contribution is -0.0462. The number of nitrogens with zero attached hydrogens (tertiary/aromatic N) is 2. The zero-order valence-electron chi connectivity index (χ0n) is 9.31. The van der Waals surface area contributed by atoms with Crippen LogP contribution in [-0.2, 0) is 11.8 Å². The average Bonchev–Trinajstić information content (AvgIpc) is 2.67. The van der Waals surface area contributed by atoms with Gasteiger partial charge >= 0.3 is 5.69 Å². The van der Waals surface area contributed by atoms with Gasteiger partial charge in [-0.2, -0.15) is 0 Å². The number of hydrogen-bond donors (Lipinski definition) is 2. The summed E-state index contributed by atoms with van der Waals surface area (Å²) in [5.74, 6) is 0. The molecule has 2 rings (SSSR count). The Kier molecular flexibility index (Phi) is 3.14. The Morgan fingerprint density at radius 1 is 1.53 bits per heavy atom. The highest BCUT2D eigenvalue weighted by atomic mass is 16.5. The van der Waals surface area contributed by atoms with Crippen molar-refractivity contribution in [3.05, 3.63) is 33.1 Å². The summed E-state index contributed by atoms with van der Waals surface area (Å²) < 4.78 is 7.53. The van der Waals surface area contributed by atoms with Crippen molar-refractivity contribution in [3.63, 3.8) is 0 Å². The fourth-order valence-corrected chi connectivity index (χ4v) is 1.86. The van der Waals surface area contributed by atoms with Gasteiger partial charge in [-0.3, -0.25) is 13.9 Å². The summed E-state index contributed by atoms with van der Waals surface area (Å²) in [5, 5.41) is 18.5. The summed E-state index contributed by atoms with van der Waals surface area (Å²) in [4.78, 5) is 23.0. The number of hydrogen-bond acceptors (Lipinski definition) is 5. The van der Waals surface area contributed by atoms with E-state index in [0.29, 0.717) is 0 Å². The lowest BCUT2D eigenvalue weighted by Crippen LogP contribution is -2.38. The van der Waals surface area contributed by atoms with Gasteiger partial charge in [0, 0.05) is 25.7 Å². The van der Waals surface area contributed by atoms with Crippen molar-refractivity contribution in [3.8, 4) is 0 Å². The Morgan fingerprint density at radius 2 is 2.24 bits per heavy atom. The summed E-state index contributed by atoms with van der Waals surface area (Å²) in [6.45, 7) is -0.307. The summed E-state index contributed by atoms with van der Waals surface area (Å²) in [6.07, 6.45) is -0.606. The van der Waals surface area contributed by atoms with Crippen molar-refractivity contribution >= 4 is 0 Å². The molecule has 2 N–H and O–H groups in total. The molecule has 1 fully saturated rings. The molecule has 0 saturated carbocycles. The Bertz CT molecular complexity index is 520. The summed E-state index contributed by atoms with van der Waals surface area (Å²) in [6, 6.07) is 1.25. The lowest BCUT2D eigenvalue weighted by atomic mass is 10.2. The van der Waals surface area contributed by atoms with E-state index in [1.807, 2.05) is 0 Å². The molecule has 7 nitrogen and oxygen atoms in total. The molecule has 7 heteroatoms. The molecule has 0 aromatic carbocycles. The molecule has 1 aliphatic heterocycles. The third-order valence-electron chi connectivity index (χ3n) is 2.91. The minimum absolute atomic E-state index is 0.212. The van der Waals surface area contributed by atoms with Gasteiger partial charge in [0.25, 0.3) is 5.56 Å². The van der Waals surface area contributed by atoms with Crippen LogP contribution in [0.3, 0.4) is 0 Å². The normalized spacial score (nSPS) is 28.5. The van der Waals surface area contributed by atoms with Gasteiger partial charge in [0.2, 0.25) is 0 Å². The number of ether oxygens (including phenoxy) is 1. The number of aromatic nitrogens is 2. The quantitative estimate of drug-likeness (QED) is 0.637. The van der Waals surface area contributed by atoms with E-state index < -0.39 is 29.7 Å². The average molecular weight is 242 g/mol. The number of aliphatic hydroxyl groups excluding tert-OH is 2. The van der Waals surface area contributed by atoms with Gasteiger partial charge < -0.3 is 14.9 Å². The van der Waals surface area contributed by atoms with Gasteiger partial charge in [0.05, 0.1) is 12.7 Å². The van der Waals surface area contributed by atoms with E-state index in [2.05, 4.69) is 0 Å². The summed E-state index contributed by atoms with van der Waals surface area (Å²) >= 11 is 0. The van der Waals surface area contributed by atoms with Crippen LogP contribution in [0.25, 0.3) is 0 Å². The molecular formula is C10H14N2O5. The third kappa shape index (κ3) is 2.04. The summed E-state index contributed by atoms with van der Waals surface area (Å²) in [7, 11) is 1.37.